The Labute approximate surface area is 411 Å². The molecule has 0 amide bonds. The van der Waals surface area contributed by atoms with E-state index in [-0.39, 0.29) is 57.6 Å². The fraction of sp³-hybridized carbons (Fsp3) is 0.0149. The average molecular weight is 884 g/mol. The fourth-order valence-electron chi connectivity index (χ4n) is 11.3. The summed E-state index contributed by atoms with van der Waals surface area (Å²) in [5, 5.41) is 2.21. The second kappa shape index (κ2) is 15.6. The summed E-state index contributed by atoms with van der Waals surface area (Å²) in [5.41, 5.74) is 14.8. The fourth-order valence-corrected chi connectivity index (χ4v) is 11.3. The molecule has 2 nitrogen and oxygen atoms in total. The molecule has 0 fully saturated rings. The van der Waals surface area contributed by atoms with Crippen molar-refractivity contribution in [3.63, 3.8) is 0 Å². The van der Waals surface area contributed by atoms with Crippen molar-refractivity contribution in [1.29, 1.82) is 0 Å². The monoisotopic (exact) mass is 883 g/mol. The molecule has 0 aliphatic heterocycles. The highest BCUT2D eigenvalue weighted by Gasteiger charge is 2.45. The number of rotatable bonds is 7. The second-order valence-electron chi connectivity index (χ2n) is 17.8. The number of aromatic nitrogens is 2. The van der Waals surface area contributed by atoms with Crippen LogP contribution in [0, 0.1) is 0 Å². The summed E-state index contributed by atoms with van der Waals surface area (Å²) in [4.78, 5) is 0. The quantitative estimate of drug-likeness (QED) is 0.151. The van der Waals surface area contributed by atoms with E-state index in [1.54, 1.807) is 4.57 Å². The maximum absolute atomic E-state index is 10.2. The normalized spacial score (nSPS) is 14.2. The summed E-state index contributed by atoms with van der Waals surface area (Å²) >= 11 is 0. The van der Waals surface area contributed by atoms with Crippen molar-refractivity contribution in [1.82, 2.24) is 9.13 Å². The highest BCUT2D eigenvalue weighted by Crippen LogP contribution is 2.56. The Hall–Kier alpha value is -8.98. The van der Waals surface area contributed by atoms with Crippen LogP contribution in [0.3, 0.4) is 0 Å². The molecule has 69 heavy (non-hydrogen) atoms. The summed E-state index contributed by atoms with van der Waals surface area (Å²) in [6.45, 7) is 0. The molecule has 0 N–H and O–H groups in total. The van der Waals surface area contributed by atoms with E-state index in [0.29, 0.717) is 11.3 Å². The summed E-state index contributed by atoms with van der Waals surface area (Å²) in [5.74, 6) is 0. The predicted octanol–water partition coefficient (Wildman–Crippen LogP) is 17.2. The largest absolute Gasteiger partial charge is 0.309 e. The van der Waals surface area contributed by atoms with Gasteiger partial charge in [0.05, 0.1) is 37.1 Å². The van der Waals surface area contributed by atoms with Crippen molar-refractivity contribution in [2.24, 2.45) is 0 Å². The molecule has 0 saturated carbocycles. The Bertz CT molecular complexity index is 4460. The SMILES string of the molecule is [2H]c1c([2H])c([2H])c2c(c1[2H])c1c([2H])c(-c3ccc4c(c3)c3c(-c5ccccc5)cccc3n4-c3ccc(-c4ccccc4)cc3)c([2H])c([2H])c1n2-c1ccc(C2(c3ccccc3)c3ccccc3-c3ccccc32)cc1. The van der Waals surface area contributed by atoms with Gasteiger partial charge in [0, 0.05) is 32.9 Å². The van der Waals surface area contributed by atoms with Gasteiger partial charge in [0.1, 0.15) is 0 Å². The number of para-hydroxylation sites is 1. The Morgan fingerprint density at radius 3 is 1.57 bits per heavy atom. The molecular formula is C67H44N2. The molecule has 0 radical (unpaired) electrons. The number of benzene rings is 11. The maximum Gasteiger partial charge on any atom is 0.0713 e. The molecule has 1 aliphatic carbocycles. The third kappa shape index (κ3) is 5.92. The molecule has 0 unspecified atom stereocenters. The summed E-state index contributed by atoms with van der Waals surface area (Å²) in [6, 6.07) is 74.9. The van der Waals surface area contributed by atoms with Gasteiger partial charge in [0.25, 0.3) is 0 Å². The summed E-state index contributed by atoms with van der Waals surface area (Å²) in [6.07, 6.45) is 0. The lowest BCUT2D eigenvalue weighted by atomic mass is 9.68. The first-order valence-corrected chi connectivity index (χ1v) is 23.4. The van der Waals surface area contributed by atoms with Crippen LogP contribution in [-0.2, 0) is 5.41 Å². The van der Waals surface area contributed by atoms with Crippen molar-refractivity contribution >= 4 is 43.6 Å². The molecule has 0 saturated heterocycles. The van der Waals surface area contributed by atoms with Crippen LogP contribution in [0.25, 0.3) is 99.5 Å². The van der Waals surface area contributed by atoms with E-state index in [1.165, 1.54) is 0 Å². The van der Waals surface area contributed by atoms with Crippen molar-refractivity contribution in [2.45, 2.75) is 5.41 Å². The van der Waals surface area contributed by atoms with Crippen molar-refractivity contribution in [3.8, 4) is 55.9 Å². The highest BCUT2D eigenvalue weighted by atomic mass is 15.0. The van der Waals surface area contributed by atoms with Gasteiger partial charge in [-0.2, -0.15) is 0 Å². The summed E-state index contributed by atoms with van der Waals surface area (Å²) < 4.78 is 70.7. The van der Waals surface area contributed by atoms with Gasteiger partial charge >= 0.3 is 0 Å². The third-order valence-electron chi connectivity index (χ3n) is 14.3. The molecule has 11 aromatic carbocycles. The van der Waals surface area contributed by atoms with E-state index in [0.717, 1.165) is 83.1 Å². The third-order valence-corrected chi connectivity index (χ3v) is 14.3. The van der Waals surface area contributed by atoms with Crippen LogP contribution in [0.2, 0.25) is 0 Å². The second-order valence-corrected chi connectivity index (χ2v) is 17.8. The van der Waals surface area contributed by atoms with E-state index in [1.807, 2.05) is 72.8 Å². The summed E-state index contributed by atoms with van der Waals surface area (Å²) in [7, 11) is 0. The minimum atomic E-state index is -0.683. The molecular weight excluding hydrogens is 833 g/mol. The lowest BCUT2D eigenvalue weighted by Crippen LogP contribution is -2.28. The molecule has 0 atom stereocenters. The minimum Gasteiger partial charge on any atom is -0.309 e. The van der Waals surface area contributed by atoms with E-state index in [2.05, 4.69) is 156 Å². The molecule has 2 aromatic heterocycles. The van der Waals surface area contributed by atoms with Gasteiger partial charge in [-0.1, -0.05) is 206 Å². The molecule has 2 heterocycles. The van der Waals surface area contributed by atoms with E-state index >= 15 is 0 Å². The minimum absolute atomic E-state index is 0.0912. The van der Waals surface area contributed by atoms with E-state index < -0.39 is 17.5 Å². The van der Waals surface area contributed by atoms with E-state index in [9.17, 15) is 6.85 Å². The van der Waals surface area contributed by atoms with Crippen LogP contribution in [0.1, 0.15) is 31.8 Å². The lowest BCUT2D eigenvalue weighted by Gasteiger charge is -2.34. The van der Waals surface area contributed by atoms with Crippen molar-refractivity contribution in [3.05, 3.63) is 289 Å². The standard InChI is InChI=1S/C67H44N2/c1-4-17-45(18-5-1)46-31-37-52(38-32-46)69-64-42-34-49(44-59(64)66-54(26-16-30-65(66)69)47-19-6-2-7-20-47)48-33-41-63-58(43-48)57-25-12-15-29-62(57)68(63)53-39-35-51(36-40-53)67(50-21-8-3-9-22-50)60-27-13-10-23-55(60)56-24-11-14-28-61(56)67/h1-44H/i12D,15D,25D,29D,33D,41D,43D. The molecule has 322 valence electrons. The predicted molar refractivity (Wildman–Crippen MR) is 289 cm³/mol. The number of fused-ring (bicyclic) bond motifs is 9. The van der Waals surface area contributed by atoms with Crippen LogP contribution in [0.15, 0.2) is 267 Å². The van der Waals surface area contributed by atoms with Gasteiger partial charge in [-0.15, -0.1) is 0 Å². The Morgan fingerprint density at radius 2 is 0.855 bits per heavy atom. The van der Waals surface area contributed by atoms with Gasteiger partial charge in [0.2, 0.25) is 0 Å². The molecule has 0 spiro atoms. The van der Waals surface area contributed by atoms with Gasteiger partial charge in [-0.3, -0.25) is 0 Å². The van der Waals surface area contributed by atoms with Crippen molar-refractivity contribution in [2.75, 3.05) is 0 Å². The topological polar surface area (TPSA) is 9.86 Å². The molecule has 14 rings (SSSR count). The maximum atomic E-state index is 10.2. The number of nitrogens with zero attached hydrogens (tertiary/aromatic N) is 2. The van der Waals surface area contributed by atoms with E-state index in [4.69, 9.17) is 2.74 Å². The van der Waals surface area contributed by atoms with Crippen LogP contribution >= 0.6 is 0 Å². The number of hydrogen-bond donors (Lipinski definition) is 0. The first-order valence-electron chi connectivity index (χ1n) is 26.9. The molecule has 13 aromatic rings. The van der Waals surface area contributed by atoms with Crippen LogP contribution < -0.4 is 0 Å². The molecule has 1 aliphatic rings. The zero-order valence-corrected chi connectivity index (χ0v) is 37.3. The van der Waals surface area contributed by atoms with Crippen LogP contribution in [0.5, 0.6) is 0 Å². The van der Waals surface area contributed by atoms with Gasteiger partial charge in [-0.05, 0) is 127 Å². The van der Waals surface area contributed by atoms with Gasteiger partial charge in [0.15, 0.2) is 0 Å². The molecule has 2 heteroatoms. The number of hydrogen-bond acceptors (Lipinski definition) is 0. The lowest BCUT2D eigenvalue weighted by molar-refractivity contribution is 0.768. The first-order chi connectivity index (χ1) is 37.2. The van der Waals surface area contributed by atoms with Crippen LogP contribution in [-0.4, -0.2) is 9.13 Å². The smallest absolute Gasteiger partial charge is 0.0713 e. The zero-order chi connectivity index (χ0) is 51.6. The zero-order valence-electron chi connectivity index (χ0n) is 44.3. The van der Waals surface area contributed by atoms with Gasteiger partial charge in [-0.25, -0.2) is 0 Å². The Morgan fingerprint density at radius 1 is 0.319 bits per heavy atom. The van der Waals surface area contributed by atoms with Crippen molar-refractivity contribution < 1.29 is 9.60 Å². The Kier molecular flexibility index (Phi) is 7.36. The average Bonchev–Trinajstić information content (AvgIpc) is 4.33. The first kappa shape index (κ1) is 32.7. The highest BCUT2D eigenvalue weighted by molar-refractivity contribution is 6.17. The van der Waals surface area contributed by atoms with Crippen LogP contribution in [0.4, 0.5) is 0 Å². The Balaban J connectivity index is 0.994. The molecule has 0 bridgehead atoms. The van der Waals surface area contributed by atoms with Gasteiger partial charge < -0.3 is 9.13 Å².